The van der Waals surface area contributed by atoms with E-state index in [1.165, 1.54) is 6.07 Å². The molecular weight excluding hydrogens is 426 g/mol. The first-order valence-corrected chi connectivity index (χ1v) is 9.38. The molecular formula is C13H17Br2NO4S. The van der Waals surface area contributed by atoms with Crippen LogP contribution in [0.15, 0.2) is 26.0 Å². The minimum Gasteiger partial charge on any atom is -0.465 e. The monoisotopic (exact) mass is 441 g/mol. The van der Waals surface area contributed by atoms with Gasteiger partial charge in [-0.2, -0.15) is 4.31 Å². The fourth-order valence-electron chi connectivity index (χ4n) is 1.68. The van der Waals surface area contributed by atoms with Crippen LogP contribution in [0.25, 0.3) is 0 Å². The Bertz CT molecular complexity index is 631. The zero-order valence-corrected chi connectivity index (χ0v) is 16.0. The summed E-state index contributed by atoms with van der Waals surface area (Å²) in [7, 11) is -3.78. The largest absolute Gasteiger partial charge is 0.465 e. The number of benzene rings is 1. The third-order valence-electron chi connectivity index (χ3n) is 2.79. The zero-order valence-electron chi connectivity index (χ0n) is 12.0. The van der Waals surface area contributed by atoms with Crippen molar-refractivity contribution in [1.29, 1.82) is 0 Å². The van der Waals surface area contributed by atoms with Crippen molar-refractivity contribution in [2.45, 2.75) is 25.7 Å². The number of aryl methyl sites for hydroxylation is 1. The lowest BCUT2D eigenvalue weighted by Crippen LogP contribution is -2.36. The summed E-state index contributed by atoms with van der Waals surface area (Å²) >= 11 is 6.59. The first-order chi connectivity index (χ1) is 9.73. The van der Waals surface area contributed by atoms with Gasteiger partial charge in [0.05, 0.1) is 11.5 Å². The highest BCUT2D eigenvalue weighted by atomic mass is 79.9. The molecule has 0 aromatic heterocycles. The Morgan fingerprint density at radius 3 is 2.38 bits per heavy atom. The van der Waals surface area contributed by atoms with Crippen molar-refractivity contribution in [2.75, 3.05) is 19.7 Å². The summed E-state index contributed by atoms with van der Waals surface area (Å²) < 4.78 is 32.4. The Hall–Kier alpha value is -0.440. The van der Waals surface area contributed by atoms with Crippen LogP contribution in [0.4, 0.5) is 0 Å². The van der Waals surface area contributed by atoms with E-state index in [0.29, 0.717) is 8.95 Å². The third kappa shape index (κ3) is 4.51. The van der Waals surface area contributed by atoms with Gasteiger partial charge in [-0.25, -0.2) is 8.42 Å². The SMILES string of the molecule is CCOC(=O)CN(CC)S(=O)(=O)c1cc(Br)c(C)cc1Br. The lowest BCUT2D eigenvalue weighted by molar-refractivity contribution is -0.143. The molecule has 0 aliphatic heterocycles. The van der Waals surface area contributed by atoms with Gasteiger partial charge >= 0.3 is 5.97 Å². The lowest BCUT2D eigenvalue weighted by atomic mass is 10.2. The molecule has 0 bridgehead atoms. The maximum absolute atomic E-state index is 12.7. The zero-order chi connectivity index (χ0) is 16.2. The number of hydrogen-bond donors (Lipinski definition) is 0. The number of esters is 1. The molecule has 0 saturated heterocycles. The normalized spacial score (nSPS) is 11.7. The van der Waals surface area contributed by atoms with Crippen LogP contribution in [-0.4, -0.2) is 38.4 Å². The minimum atomic E-state index is -3.78. The van der Waals surface area contributed by atoms with Crippen LogP contribution >= 0.6 is 31.9 Å². The summed E-state index contributed by atoms with van der Waals surface area (Å²) in [6.45, 7) is 5.31. The molecule has 0 N–H and O–H groups in total. The van der Waals surface area contributed by atoms with E-state index in [4.69, 9.17) is 4.74 Å². The Morgan fingerprint density at radius 1 is 1.24 bits per heavy atom. The van der Waals surface area contributed by atoms with Crippen LogP contribution in [-0.2, 0) is 19.6 Å². The second kappa shape index (κ2) is 7.71. The van der Waals surface area contributed by atoms with E-state index in [1.54, 1.807) is 19.9 Å². The van der Waals surface area contributed by atoms with E-state index in [1.807, 2.05) is 6.92 Å². The molecule has 1 rings (SSSR count). The number of halogens is 2. The number of likely N-dealkylation sites (N-methyl/N-ethyl adjacent to an activating group) is 1. The number of hydrogen-bond acceptors (Lipinski definition) is 4. The lowest BCUT2D eigenvalue weighted by Gasteiger charge is -2.20. The van der Waals surface area contributed by atoms with E-state index in [2.05, 4.69) is 31.9 Å². The predicted octanol–water partition coefficient (Wildman–Crippen LogP) is 3.09. The van der Waals surface area contributed by atoms with Gasteiger partial charge < -0.3 is 4.74 Å². The number of ether oxygens (including phenoxy) is 1. The molecule has 0 radical (unpaired) electrons. The highest BCUT2D eigenvalue weighted by Gasteiger charge is 2.28. The summed E-state index contributed by atoms with van der Waals surface area (Å²) in [6.07, 6.45) is 0. The second-order valence-electron chi connectivity index (χ2n) is 4.27. The average Bonchev–Trinajstić information content (AvgIpc) is 2.40. The van der Waals surface area contributed by atoms with E-state index >= 15 is 0 Å². The van der Waals surface area contributed by atoms with Gasteiger partial charge in [0.2, 0.25) is 10.0 Å². The van der Waals surface area contributed by atoms with Gasteiger partial charge in [-0.3, -0.25) is 4.79 Å². The van der Waals surface area contributed by atoms with Gasteiger partial charge in [0, 0.05) is 15.5 Å². The van der Waals surface area contributed by atoms with Crippen LogP contribution in [0, 0.1) is 6.92 Å². The van der Waals surface area contributed by atoms with Crippen LogP contribution < -0.4 is 0 Å². The molecule has 0 aliphatic rings. The average molecular weight is 443 g/mol. The Kier molecular flexibility index (Phi) is 6.83. The first kappa shape index (κ1) is 18.6. The topological polar surface area (TPSA) is 63.7 Å². The smallest absolute Gasteiger partial charge is 0.321 e. The van der Waals surface area contributed by atoms with Crippen LogP contribution in [0.2, 0.25) is 0 Å². The fraction of sp³-hybridized carbons (Fsp3) is 0.462. The van der Waals surface area contributed by atoms with Gasteiger partial charge in [0.25, 0.3) is 0 Å². The molecule has 0 unspecified atom stereocenters. The summed E-state index contributed by atoms with van der Waals surface area (Å²) in [5.41, 5.74) is 0.911. The molecule has 1 aromatic rings. The molecule has 0 aliphatic carbocycles. The predicted molar refractivity (Wildman–Crippen MR) is 87.6 cm³/mol. The number of carbonyl (C=O) groups excluding carboxylic acids is 1. The molecule has 118 valence electrons. The minimum absolute atomic E-state index is 0.117. The highest BCUT2D eigenvalue weighted by Crippen LogP contribution is 2.30. The molecule has 1 aromatic carbocycles. The van der Waals surface area contributed by atoms with Crippen LogP contribution in [0.1, 0.15) is 19.4 Å². The van der Waals surface area contributed by atoms with Gasteiger partial charge in [0.15, 0.2) is 0 Å². The second-order valence-corrected chi connectivity index (χ2v) is 7.88. The quantitative estimate of drug-likeness (QED) is 0.635. The van der Waals surface area contributed by atoms with Crippen molar-refractivity contribution >= 4 is 47.9 Å². The molecule has 0 heterocycles. The maximum atomic E-state index is 12.7. The molecule has 0 spiro atoms. The molecule has 0 saturated carbocycles. The first-order valence-electron chi connectivity index (χ1n) is 6.35. The van der Waals surface area contributed by atoms with Crippen molar-refractivity contribution in [3.63, 3.8) is 0 Å². The number of carbonyl (C=O) groups is 1. The molecule has 0 atom stereocenters. The molecule has 5 nitrogen and oxygen atoms in total. The van der Waals surface area contributed by atoms with Crippen molar-refractivity contribution in [3.05, 3.63) is 26.6 Å². The molecule has 0 amide bonds. The van der Waals surface area contributed by atoms with Crippen molar-refractivity contribution in [3.8, 4) is 0 Å². The van der Waals surface area contributed by atoms with Gasteiger partial charge in [0.1, 0.15) is 6.54 Å². The van der Waals surface area contributed by atoms with Crippen LogP contribution in [0.3, 0.4) is 0 Å². The number of sulfonamides is 1. The summed E-state index contributed by atoms with van der Waals surface area (Å²) in [5, 5.41) is 0. The van der Waals surface area contributed by atoms with Crippen molar-refractivity contribution in [1.82, 2.24) is 4.31 Å². The van der Waals surface area contributed by atoms with Gasteiger partial charge in [-0.15, -0.1) is 0 Å². The van der Waals surface area contributed by atoms with Crippen molar-refractivity contribution in [2.24, 2.45) is 0 Å². The van der Waals surface area contributed by atoms with Crippen molar-refractivity contribution < 1.29 is 17.9 Å². The fourth-order valence-corrected chi connectivity index (χ4v) is 4.71. The Morgan fingerprint density at radius 2 is 1.86 bits per heavy atom. The van der Waals surface area contributed by atoms with Gasteiger partial charge in [-0.05, 0) is 47.5 Å². The summed E-state index contributed by atoms with van der Waals surface area (Å²) in [5.74, 6) is -0.565. The summed E-state index contributed by atoms with van der Waals surface area (Å²) in [4.78, 5) is 11.7. The van der Waals surface area contributed by atoms with E-state index < -0.39 is 16.0 Å². The summed E-state index contributed by atoms with van der Waals surface area (Å²) in [6, 6.07) is 3.25. The maximum Gasteiger partial charge on any atom is 0.321 e. The Labute approximate surface area is 142 Å². The standard InChI is InChI=1S/C13H17Br2NO4S/c1-4-16(8-13(17)20-5-2)21(18,19)12-7-10(14)9(3)6-11(12)15/h6-7H,4-5,8H2,1-3H3. The number of rotatable bonds is 6. The molecule has 8 heteroatoms. The molecule has 0 fully saturated rings. The van der Waals surface area contributed by atoms with E-state index in [0.717, 1.165) is 9.87 Å². The van der Waals surface area contributed by atoms with E-state index in [9.17, 15) is 13.2 Å². The molecule has 21 heavy (non-hydrogen) atoms. The van der Waals surface area contributed by atoms with Gasteiger partial charge in [-0.1, -0.05) is 22.9 Å². The van der Waals surface area contributed by atoms with Crippen LogP contribution in [0.5, 0.6) is 0 Å². The highest BCUT2D eigenvalue weighted by molar-refractivity contribution is 9.11. The number of nitrogens with zero attached hydrogens (tertiary/aromatic N) is 1. The third-order valence-corrected chi connectivity index (χ3v) is 6.53. The Balaban J connectivity index is 3.19. The van der Waals surface area contributed by atoms with E-state index in [-0.39, 0.29) is 24.6 Å².